The van der Waals surface area contributed by atoms with Gasteiger partial charge in [0.2, 0.25) is 5.91 Å². The third-order valence-corrected chi connectivity index (χ3v) is 2.62. The lowest BCUT2D eigenvalue weighted by molar-refractivity contribution is -0.137. The number of nitrogens with one attached hydrogen (secondary N) is 1. The summed E-state index contributed by atoms with van der Waals surface area (Å²) >= 11 is 0. The molecular weight excluding hydrogens is 250 g/mol. The van der Waals surface area contributed by atoms with Gasteiger partial charge in [-0.15, -0.1) is 0 Å². The van der Waals surface area contributed by atoms with E-state index in [0.717, 1.165) is 0 Å². The van der Waals surface area contributed by atoms with Crippen molar-refractivity contribution in [3.63, 3.8) is 0 Å². The van der Waals surface area contributed by atoms with Crippen LogP contribution in [0, 0.1) is 0 Å². The van der Waals surface area contributed by atoms with Crippen LogP contribution in [-0.2, 0) is 9.59 Å². The number of benzene rings is 1. The molecule has 102 valence electrons. The summed E-state index contributed by atoms with van der Waals surface area (Å²) in [6, 6.07) is 5.16. The zero-order valence-corrected chi connectivity index (χ0v) is 10.3. The number of carbonyl (C=O) groups excluding carboxylic acids is 1. The van der Waals surface area contributed by atoms with Crippen molar-refractivity contribution in [3.8, 4) is 11.5 Å². The predicted molar refractivity (Wildman–Crippen MR) is 67.5 cm³/mol. The molecule has 1 aliphatic rings. The Labute approximate surface area is 110 Å². The molecule has 0 saturated carbocycles. The SMILES string of the molecule is O=C(O)CCCC(=O)Nc1ccc2c(c1)OCCO2. The van der Waals surface area contributed by atoms with Gasteiger partial charge in [0.05, 0.1) is 0 Å². The lowest BCUT2D eigenvalue weighted by Crippen LogP contribution is -2.16. The third kappa shape index (κ3) is 3.87. The highest BCUT2D eigenvalue weighted by Crippen LogP contribution is 2.32. The number of rotatable bonds is 5. The molecule has 19 heavy (non-hydrogen) atoms. The van der Waals surface area contributed by atoms with Crippen molar-refractivity contribution < 1.29 is 24.2 Å². The summed E-state index contributed by atoms with van der Waals surface area (Å²) < 4.78 is 10.8. The number of amides is 1. The molecule has 2 rings (SSSR count). The minimum Gasteiger partial charge on any atom is -0.486 e. The van der Waals surface area contributed by atoms with E-state index in [1.54, 1.807) is 18.2 Å². The van der Waals surface area contributed by atoms with E-state index in [9.17, 15) is 9.59 Å². The second kappa shape index (κ2) is 6.08. The highest BCUT2D eigenvalue weighted by Gasteiger charge is 2.12. The van der Waals surface area contributed by atoms with Gasteiger partial charge < -0.3 is 19.9 Å². The van der Waals surface area contributed by atoms with Gasteiger partial charge in [0, 0.05) is 24.6 Å². The predicted octanol–water partition coefficient (Wildman–Crippen LogP) is 1.65. The summed E-state index contributed by atoms with van der Waals surface area (Å²) in [4.78, 5) is 21.9. The average Bonchev–Trinajstić information content (AvgIpc) is 2.38. The van der Waals surface area contributed by atoms with Crippen LogP contribution < -0.4 is 14.8 Å². The van der Waals surface area contributed by atoms with Gasteiger partial charge in [-0.05, 0) is 18.6 Å². The summed E-state index contributed by atoms with van der Waals surface area (Å²) in [6.07, 6.45) is 0.501. The Balaban J connectivity index is 1.88. The summed E-state index contributed by atoms with van der Waals surface area (Å²) in [5, 5.41) is 11.2. The first-order chi connectivity index (χ1) is 9.15. The standard InChI is InChI=1S/C13H15NO5/c15-12(2-1-3-13(16)17)14-9-4-5-10-11(8-9)19-7-6-18-10/h4-5,8H,1-3,6-7H2,(H,14,15)(H,16,17). The van der Waals surface area contributed by atoms with Gasteiger partial charge in [-0.2, -0.15) is 0 Å². The molecule has 0 spiro atoms. The van der Waals surface area contributed by atoms with Gasteiger partial charge in [0.1, 0.15) is 13.2 Å². The van der Waals surface area contributed by atoms with Crippen molar-refractivity contribution in [2.45, 2.75) is 19.3 Å². The van der Waals surface area contributed by atoms with Crippen molar-refractivity contribution in [2.75, 3.05) is 18.5 Å². The summed E-state index contributed by atoms with van der Waals surface area (Å²) in [5.41, 5.74) is 0.615. The van der Waals surface area contributed by atoms with Crippen molar-refractivity contribution in [2.24, 2.45) is 0 Å². The van der Waals surface area contributed by atoms with Gasteiger partial charge in [0.15, 0.2) is 11.5 Å². The Hall–Kier alpha value is -2.24. The number of anilines is 1. The number of fused-ring (bicyclic) bond motifs is 1. The molecular formula is C13H15NO5. The molecule has 0 radical (unpaired) electrons. The molecule has 0 aliphatic carbocycles. The fraction of sp³-hybridized carbons (Fsp3) is 0.385. The van der Waals surface area contributed by atoms with Crippen LogP contribution in [0.4, 0.5) is 5.69 Å². The van der Waals surface area contributed by atoms with Gasteiger partial charge in [0.25, 0.3) is 0 Å². The molecule has 0 unspecified atom stereocenters. The first-order valence-electron chi connectivity index (χ1n) is 6.06. The molecule has 1 aliphatic heterocycles. The molecule has 0 bridgehead atoms. The van der Waals surface area contributed by atoms with Gasteiger partial charge >= 0.3 is 5.97 Å². The van der Waals surface area contributed by atoms with Crippen molar-refractivity contribution in [1.29, 1.82) is 0 Å². The maximum absolute atomic E-state index is 11.6. The van der Waals surface area contributed by atoms with Gasteiger partial charge in [-0.3, -0.25) is 9.59 Å². The Bertz CT molecular complexity index is 486. The molecule has 1 aromatic rings. The van der Waals surface area contributed by atoms with Crippen LogP contribution in [0.5, 0.6) is 11.5 Å². The molecule has 0 aromatic heterocycles. The molecule has 0 atom stereocenters. The maximum atomic E-state index is 11.6. The van der Waals surface area contributed by atoms with Crippen LogP contribution in [0.25, 0.3) is 0 Å². The third-order valence-electron chi connectivity index (χ3n) is 2.62. The van der Waals surface area contributed by atoms with Gasteiger partial charge in [-0.1, -0.05) is 0 Å². The smallest absolute Gasteiger partial charge is 0.303 e. The fourth-order valence-corrected chi connectivity index (χ4v) is 1.74. The first-order valence-corrected chi connectivity index (χ1v) is 6.06. The van der Waals surface area contributed by atoms with Crippen LogP contribution in [0.3, 0.4) is 0 Å². The Kier molecular flexibility index (Phi) is 4.22. The molecule has 6 nitrogen and oxygen atoms in total. The van der Waals surface area contributed by atoms with E-state index >= 15 is 0 Å². The Morgan fingerprint density at radius 2 is 1.89 bits per heavy atom. The molecule has 0 fully saturated rings. The number of carbonyl (C=O) groups is 2. The Morgan fingerprint density at radius 1 is 1.16 bits per heavy atom. The number of ether oxygens (including phenoxy) is 2. The summed E-state index contributed by atoms with van der Waals surface area (Å²) in [6.45, 7) is 1.01. The van der Waals surface area contributed by atoms with Crippen molar-refractivity contribution >= 4 is 17.6 Å². The van der Waals surface area contributed by atoms with E-state index in [4.69, 9.17) is 14.6 Å². The van der Waals surface area contributed by atoms with E-state index in [1.165, 1.54) is 0 Å². The number of hydrogen-bond donors (Lipinski definition) is 2. The van der Waals surface area contributed by atoms with Gasteiger partial charge in [-0.25, -0.2) is 0 Å². The summed E-state index contributed by atoms with van der Waals surface area (Å²) in [7, 11) is 0. The second-order valence-corrected chi connectivity index (χ2v) is 4.15. The van der Waals surface area contributed by atoms with Crippen molar-refractivity contribution in [1.82, 2.24) is 0 Å². The van der Waals surface area contributed by atoms with Crippen LogP contribution in [0.2, 0.25) is 0 Å². The minimum atomic E-state index is -0.896. The largest absolute Gasteiger partial charge is 0.486 e. The van der Waals surface area contributed by atoms with E-state index in [1.807, 2.05) is 0 Å². The number of hydrogen-bond acceptors (Lipinski definition) is 4. The highest BCUT2D eigenvalue weighted by atomic mass is 16.6. The number of carboxylic acid groups (broad SMARTS) is 1. The molecule has 0 saturated heterocycles. The van der Waals surface area contributed by atoms with Crippen LogP contribution in [0.15, 0.2) is 18.2 Å². The lowest BCUT2D eigenvalue weighted by atomic mass is 10.2. The van der Waals surface area contributed by atoms with E-state index in [-0.39, 0.29) is 18.7 Å². The maximum Gasteiger partial charge on any atom is 0.303 e. The fourth-order valence-electron chi connectivity index (χ4n) is 1.74. The average molecular weight is 265 g/mol. The van der Waals surface area contributed by atoms with Crippen LogP contribution in [-0.4, -0.2) is 30.2 Å². The molecule has 2 N–H and O–H groups in total. The monoisotopic (exact) mass is 265 g/mol. The minimum absolute atomic E-state index is 0.00540. The quantitative estimate of drug-likeness (QED) is 0.845. The topological polar surface area (TPSA) is 84.9 Å². The number of aliphatic carboxylic acids is 1. The highest BCUT2D eigenvalue weighted by molar-refractivity contribution is 5.91. The lowest BCUT2D eigenvalue weighted by Gasteiger charge is -2.19. The molecule has 6 heteroatoms. The van der Waals surface area contributed by atoms with E-state index in [2.05, 4.69) is 5.32 Å². The molecule has 1 heterocycles. The normalized spacial score (nSPS) is 12.8. The number of carboxylic acids is 1. The Morgan fingerprint density at radius 3 is 2.63 bits per heavy atom. The van der Waals surface area contributed by atoms with E-state index < -0.39 is 5.97 Å². The first kappa shape index (κ1) is 13.2. The zero-order valence-electron chi connectivity index (χ0n) is 10.3. The van der Waals surface area contributed by atoms with Crippen LogP contribution >= 0.6 is 0 Å². The second-order valence-electron chi connectivity index (χ2n) is 4.15. The van der Waals surface area contributed by atoms with Crippen LogP contribution in [0.1, 0.15) is 19.3 Å². The molecule has 1 amide bonds. The molecule has 1 aromatic carbocycles. The zero-order chi connectivity index (χ0) is 13.7. The van der Waals surface area contributed by atoms with Crippen molar-refractivity contribution in [3.05, 3.63) is 18.2 Å². The van der Waals surface area contributed by atoms with E-state index in [0.29, 0.717) is 36.8 Å². The summed E-state index contributed by atoms with van der Waals surface area (Å²) in [5.74, 6) is 0.162.